The molecule has 3 aliphatic rings. The van der Waals surface area contributed by atoms with E-state index in [0.29, 0.717) is 19.3 Å². The minimum Gasteiger partial charge on any atom is -0.463 e. The Bertz CT molecular complexity index is 1890. The van der Waals surface area contributed by atoms with Crippen molar-refractivity contribution in [1.29, 1.82) is 0 Å². The Morgan fingerprint density at radius 1 is 0.389 bits per heavy atom. The van der Waals surface area contributed by atoms with Crippen molar-refractivity contribution in [2.24, 2.45) is 0 Å². The van der Waals surface area contributed by atoms with Gasteiger partial charge in [-0.3, -0.25) is 23.4 Å². The van der Waals surface area contributed by atoms with Gasteiger partial charge in [0.1, 0.15) is 98.7 Å². The number of phosphoric ester groups is 1. The van der Waals surface area contributed by atoms with E-state index in [0.717, 1.165) is 96.3 Å². The lowest BCUT2D eigenvalue weighted by molar-refractivity contribution is -0.360. The quantitative estimate of drug-likeness (QED) is 0.0119. The molecule has 25 heteroatoms. The van der Waals surface area contributed by atoms with E-state index in [4.69, 9.17) is 42.2 Å². The van der Waals surface area contributed by atoms with Gasteiger partial charge in [0.05, 0.1) is 13.2 Å². The first kappa shape index (κ1) is 82.2. The molecule has 2 saturated heterocycles. The predicted octanol–water partition coefficient (Wildman–Crippen LogP) is 7.84. The third kappa shape index (κ3) is 32.6. The highest BCUT2D eigenvalue weighted by Crippen LogP contribution is 2.49. The van der Waals surface area contributed by atoms with Crippen LogP contribution in [0, 0.1) is 0 Å². The molecule has 18 atom stereocenters. The van der Waals surface area contributed by atoms with Gasteiger partial charge in [0.25, 0.3) is 0 Å². The number of hydrogen-bond acceptors (Lipinski definition) is 23. The van der Waals surface area contributed by atoms with E-state index in [9.17, 15) is 74.9 Å². The lowest BCUT2D eigenvalue weighted by atomic mass is 9.84. The molecular formula is C65H121O24P. The van der Waals surface area contributed by atoms with Crippen LogP contribution in [-0.2, 0) is 61.2 Å². The summed E-state index contributed by atoms with van der Waals surface area (Å²) in [6.45, 7) is 3.40. The number of phosphoric acid groups is 1. The van der Waals surface area contributed by atoms with Crippen LogP contribution < -0.4 is 0 Å². The smallest absolute Gasteiger partial charge is 0.463 e. The molecule has 0 radical (unpaired) electrons. The van der Waals surface area contributed by atoms with E-state index < -0.39 is 156 Å². The fourth-order valence-corrected chi connectivity index (χ4v) is 12.6. The van der Waals surface area contributed by atoms with Crippen molar-refractivity contribution in [3.63, 3.8) is 0 Å². The standard InChI is InChI=1S/C65H121O24P/c1-4-7-10-13-16-19-22-25-28-30-33-36-39-49(67)81-43-46(84-51(69)41-38-35-32-29-26-23-20-17-14-11-8-5-2)44-83-90(79,80)89-63-61(87-64-59(77)54(72)52(70)47(42-66)85-64)57(75)56(74)58(76)62(63)88-65-60(78)55(73)53(71)48(86-65)45-82-50(68)40-37-34-31-27-24-21-18-15-12-9-6-3/h46-48,52-66,70-78H,4-45H2,1-3H3,(H,79,80). The van der Waals surface area contributed by atoms with Gasteiger partial charge < -0.3 is 89.1 Å². The van der Waals surface area contributed by atoms with E-state index >= 15 is 0 Å². The summed E-state index contributed by atoms with van der Waals surface area (Å²) in [5.41, 5.74) is 0. The lowest BCUT2D eigenvalue weighted by Gasteiger charge is -2.49. The molecule has 11 N–H and O–H groups in total. The van der Waals surface area contributed by atoms with Gasteiger partial charge in [-0.05, 0) is 19.3 Å². The van der Waals surface area contributed by atoms with Gasteiger partial charge >= 0.3 is 25.7 Å². The minimum absolute atomic E-state index is 0.0326. The van der Waals surface area contributed by atoms with Gasteiger partial charge in [-0.1, -0.05) is 226 Å². The van der Waals surface area contributed by atoms with Gasteiger partial charge in [-0.25, -0.2) is 4.57 Å². The van der Waals surface area contributed by atoms with Gasteiger partial charge in [0, 0.05) is 19.3 Å². The van der Waals surface area contributed by atoms with E-state index in [-0.39, 0.29) is 19.3 Å². The monoisotopic (exact) mass is 1320 g/mol. The third-order valence-corrected chi connectivity index (χ3v) is 18.4. The molecule has 1 saturated carbocycles. The van der Waals surface area contributed by atoms with E-state index in [2.05, 4.69) is 20.8 Å². The molecule has 0 aromatic heterocycles. The number of aliphatic hydroxyl groups excluding tert-OH is 10. The number of hydrogen-bond donors (Lipinski definition) is 11. The Kier molecular flexibility index (Phi) is 44.4. The van der Waals surface area contributed by atoms with Gasteiger partial charge in [0.15, 0.2) is 18.7 Å². The molecule has 530 valence electrons. The summed E-state index contributed by atoms with van der Waals surface area (Å²) in [5.74, 6) is -1.98. The maximum absolute atomic E-state index is 14.3. The normalized spacial score (nSPS) is 29.0. The summed E-state index contributed by atoms with van der Waals surface area (Å²) in [5, 5.41) is 110. The van der Waals surface area contributed by atoms with Crippen LogP contribution in [0.5, 0.6) is 0 Å². The van der Waals surface area contributed by atoms with E-state index in [1.807, 2.05) is 0 Å². The average Bonchev–Trinajstić information content (AvgIpc) is 0.786. The molecule has 0 aromatic rings. The summed E-state index contributed by atoms with van der Waals surface area (Å²) in [6, 6.07) is 0. The number of rotatable bonds is 53. The molecule has 0 aromatic carbocycles. The number of esters is 3. The molecule has 24 nitrogen and oxygen atoms in total. The van der Waals surface area contributed by atoms with Crippen LogP contribution in [-0.4, -0.2) is 204 Å². The van der Waals surface area contributed by atoms with Crippen molar-refractivity contribution in [1.82, 2.24) is 0 Å². The van der Waals surface area contributed by atoms with Gasteiger partial charge in [0.2, 0.25) is 0 Å². The summed E-state index contributed by atoms with van der Waals surface area (Å²) in [6.07, 6.45) is 2.18. The van der Waals surface area contributed by atoms with Crippen molar-refractivity contribution < 1.29 is 117 Å². The van der Waals surface area contributed by atoms with Crippen molar-refractivity contribution in [3.05, 3.63) is 0 Å². The maximum atomic E-state index is 14.3. The molecule has 0 amide bonds. The van der Waals surface area contributed by atoms with Crippen molar-refractivity contribution in [2.45, 2.75) is 369 Å². The van der Waals surface area contributed by atoms with Crippen LogP contribution in [0.15, 0.2) is 0 Å². The summed E-state index contributed by atoms with van der Waals surface area (Å²) < 4.78 is 64.8. The second-order valence-electron chi connectivity index (χ2n) is 25.3. The number of carbonyl (C=O) groups is 3. The molecular weight excluding hydrogens is 1200 g/mol. The molecule has 1 aliphatic carbocycles. The summed E-state index contributed by atoms with van der Waals surface area (Å²) in [7, 11) is -5.68. The number of aliphatic hydroxyl groups is 10. The van der Waals surface area contributed by atoms with Crippen LogP contribution in [0.25, 0.3) is 0 Å². The van der Waals surface area contributed by atoms with E-state index in [1.165, 1.54) is 109 Å². The molecule has 0 spiro atoms. The fourth-order valence-electron chi connectivity index (χ4n) is 11.6. The first-order valence-electron chi connectivity index (χ1n) is 34.8. The molecule has 2 heterocycles. The maximum Gasteiger partial charge on any atom is 0.472 e. The Balaban J connectivity index is 1.77. The van der Waals surface area contributed by atoms with Crippen LogP contribution in [0.2, 0.25) is 0 Å². The first-order valence-corrected chi connectivity index (χ1v) is 36.3. The zero-order chi connectivity index (χ0) is 66.1. The highest BCUT2D eigenvalue weighted by molar-refractivity contribution is 7.47. The van der Waals surface area contributed by atoms with Gasteiger partial charge in [-0.15, -0.1) is 0 Å². The zero-order valence-electron chi connectivity index (χ0n) is 54.7. The fraction of sp³-hybridized carbons (Fsp3) is 0.954. The Hall–Kier alpha value is -2.04. The first-order chi connectivity index (χ1) is 43.3. The topological polar surface area (TPSA) is 374 Å². The molecule has 3 fully saturated rings. The van der Waals surface area contributed by atoms with Gasteiger partial charge in [-0.2, -0.15) is 0 Å². The lowest BCUT2D eigenvalue weighted by Crippen LogP contribution is -2.69. The predicted molar refractivity (Wildman–Crippen MR) is 333 cm³/mol. The molecule has 18 unspecified atom stereocenters. The van der Waals surface area contributed by atoms with Crippen LogP contribution >= 0.6 is 7.82 Å². The number of ether oxygens (including phenoxy) is 7. The minimum atomic E-state index is -5.68. The second-order valence-corrected chi connectivity index (χ2v) is 26.7. The highest BCUT2D eigenvalue weighted by Gasteiger charge is 2.58. The Labute approximate surface area is 536 Å². The van der Waals surface area contributed by atoms with Crippen molar-refractivity contribution >= 4 is 25.7 Å². The Morgan fingerprint density at radius 3 is 1.09 bits per heavy atom. The number of unbranched alkanes of at least 4 members (excludes halogenated alkanes) is 32. The third-order valence-electron chi connectivity index (χ3n) is 17.4. The molecule has 0 bridgehead atoms. The second kappa shape index (κ2) is 48.6. The zero-order valence-corrected chi connectivity index (χ0v) is 55.6. The molecule has 3 rings (SSSR count). The number of carbonyl (C=O) groups excluding carboxylic acids is 3. The van der Waals surface area contributed by atoms with E-state index in [1.54, 1.807) is 0 Å². The van der Waals surface area contributed by atoms with Crippen LogP contribution in [0.1, 0.15) is 265 Å². The van der Waals surface area contributed by atoms with Crippen LogP contribution in [0.4, 0.5) is 0 Å². The highest BCUT2D eigenvalue weighted by atomic mass is 31.2. The largest absolute Gasteiger partial charge is 0.472 e. The SMILES string of the molecule is CCCCCCCCCCCCCCC(=O)OCC(COP(=O)(O)OC1C(OC2OC(CO)C(O)C(O)C2O)C(O)C(O)C(O)C1OC1OC(COC(=O)CCCCCCCCCCCCC)C(O)C(O)C1O)OC(=O)CCCCCCCCCCCCCC. The summed E-state index contributed by atoms with van der Waals surface area (Å²) >= 11 is 0. The Morgan fingerprint density at radius 2 is 0.711 bits per heavy atom. The van der Waals surface area contributed by atoms with Crippen LogP contribution in [0.3, 0.4) is 0 Å². The van der Waals surface area contributed by atoms with Crippen molar-refractivity contribution in [3.8, 4) is 0 Å². The molecule has 90 heavy (non-hydrogen) atoms. The average molecular weight is 1320 g/mol. The summed E-state index contributed by atoms with van der Waals surface area (Å²) in [4.78, 5) is 50.7. The molecule has 2 aliphatic heterocycles. The van der Waals surface area contributed by atoms with Crippen molar-refractivity contribution in [2.75, 3.05) is 26.4 Å².